The number of aryl methyl sites for hydroxylation is 1. The molecule has 3 aromatic rings. The highest BCUT2D eigenvalue weighted by Gasteiger charge is 2.64. The normalized spacial score (nSPS) is 24.7. The molecule has 10 nitrogen and oxygen atoms in total. The summed E-state index contributed by atoms with van der Waals surface area (Å²) in [5, 5.41) is 10.6. The highest BCUT2D eigenvalue weighted by Crippen LogP contribution is 2.45. The lowest BCUT2D eigenvalue weighted by atomic mass is 10.0. The Balaban J connectivity index is 1.40. The molecule has 3 fully saturated rings. The lowest BCUT2D eigenvalue weighted by Gasteiger charge is -2.33. The maximum Gasteiger partial charge on any atom is 0.332 e. The first-order valence-corrected chi connectivity index (χ1v) is 11.8. The topological polar surface area (TPSA) is 120 Å². The molecule has 0 aliphatic carbocycles. The van der Waals surface area contributed by atoms with Gasteiger partial charge in [-0.2, -0.15) is 9.57 Å². The summed E-state index contributed by atoms with van der Waals surface area (Å²) in [7, 11) is -2.21. The Labute approximate surface area is 189 Å². The summed E-state index contributed by atoms with van der Waals surface area (Å²) in [6.45, 7) is 0.126. The van der Waals surface area contributed by atoms with E-state index in [2.05, 4.69) is 11.1 Å². The van der Waals surface area contributed by atoms with Crippen molar-refractivity contribution in [3.63, 3.8) is 0 Å². The van der Waals surface area contributed by atoms with Crippen LogP contribution in [0, 0.1) is 11.3 Å². The fraction of sp³-hybridized carbons (Fsp3) is 0.273. The number of carbonyl (C=O) groups is 2. The van der Waals surface area contributed by atoms with Crippen LogP contribution in [0.3, 0.4) is 0 Å². The molecular formula is C22H18N6O4S. The number of imide groups is 1. The molecule has 3 saturated heterocycles. The predicted octanol–water partition coefficient (Wildman–Crippen LogP) is 1.43. The minimum absolute atomic E-state index is 0.0733. The number of aromatic nitrogens is 2. The first-order chi connectivity index (χ1) is 15.8. The molecule has 11 heteroatoms. The van der Waals surface area contributed by atoms with E-state index in [0.717, 1.165) is 4.90 Å². The zero-order chi connectivity index (χ0) is 23.1. The van der Waals surface area contributed by atoms with Gasteiger partial charge in [0.25, 0.3) is 15.9 Å². The van der Waals surface area contributed by atoms with Crippen molar-refractivity contribution >= 4 is 38.4 Å². The predicted molar refractivity (Wildman–Crippen MR) is 116 cm³/mol. The Bertz CT molecular complexity index is 1510. The summed E-state index contributed by atoms with van der Waals surface area (Å²) in [5.41, 5.74) is 0.842. The van der Waals surface area contributed by atoms with E-state index in [1.807, 2.05) is 0 Å². The lowest BCUT2D eigenvalue weighted by molar-refractivity contribution is -0.120. The van der Waals surface area contributed by atoms with E-state index in [-0.39, 0.29) is 17.6 Å². The zero-order valence-electron chi connectivity index (χ0n) is 17.5. The minimum Gasteiger partial charge on any atom is -0.339 e. The Morgan fingerprint density at radius 2 is 1.88 bits per heavy atom. The minimum atomic E-state index is -3.90. The van der Waals surface area contributed by atoms with Gasteiger partial charge < -0.3 is 9.47 Å². The molecule has 2 bridgehead atoms. The molecule has 0 N–H and O–H groups in total. The van der Waals surface area contributed by atoms with Crippen molar-refractivity contribution in [2.24, 2.45) is 7.05 Å². The van der Waals surface area contributed by atoms with E-state index in [1.165, 1.54) is 21.7 Å². The van der Waals surface area contributed by atoms with Crippen molar-refractivity contribution in [2.45, 2.75) is 29.6 Å². The maximum absolute atomic E-state index is 13.6. The van der Waals surface area contributed by atoms with Crippen molar-refractivity contribution in [3.05, 3.63) is 54.5 Å². The smallest absolute Gasteiger partial charge is 0.332 e. The van der Waals surface area contributed by atoms with Gasteiger partial charge >= 0.3 is 6.03 Å². The first-order valence-electron chi connectivity index (χ1n) is 10.4. The third-order valence-electron chi connectivity index (χ3n) is 6.73. The molecule has 3 atom stereocenters. The van der Waals surface area contributed by atoms with Crippen LogP contribution in [0.1, 0.15) is 12.0 Å². The number of nitriles is 1. The average Bonchev–Trinajstić information content (AvgIpc) is 3.57. The van der Waals surface area contributed by atoms with Crippen molar-refractivity contribution in [3.8, 4) is 6.07 Å². The SMILES string of the molecule is Cn1cnc(S(=O)(=O)N2C[C@@H]3C[C@H]2[C@@H]2C(=O)N(c4ccc(C#N)c5ccccc45)C(=O)N32)c1. The van der Waals surface area contributed by atoms with Gasteiger partial charge in [-0.05, 0) is 18.6 Å². The quantitative estimate of drug-likeness (QED) is 0.543. The van der Waals surface area contributed by atoms with Crippen LogP contribution in [-0.2, 0) is 21.9 Å². The molecule has 2 aromatic carbocycles. The second kappa shape index (κ2) is 6.63. The fourth-order valence-corrected chi connectivity index (χ4v) is 6.98. The molecule has 6 rings (SSSR count). The second-order valence-electron chi connectivity index (χ2n) is 8.51. The maximum atomic E-state index is 13.6. The van der Waals surface area contributed by atoms with Gasteiger partial charge in [-0.1, -0.05) is 24.3 Å². The third kappa shape index (κ3) is 2.56. The van der Waals surface area contributed by atoms with Crippen molar-refractivity contribution in [1.29, 1.82) is 5.26 Å². The van der Waals surface area contributed by atoms with E-state index in [4.69, 9.17) is 0 Å². The molecule has 0 radical (unpaired) electrons. The molecule has 166 valence electrons. The first kappa shape index (κ1) is 19.9. The van der Waals surface area contributed by atoms with Crippen LogP contribution in [0.25, 0.3) is 10.8 Å². The van der Waals surface area contributed by atoms with Gasteiger partial charge in [0.05, 0.1) is 29.7 Å². The fourth-order valence-electron chi connectivity index (χ4n) is 5.33. The molecule has 0 spiro atoms. The molecular weight excluding hydrogens is 444 g/mol. The number of urea groups is 1. The highest BCUT2D eigenvalue weighted by atomic mass is 32.2. The number of imidazole rings is 1. The molecule has 0 unspecified atom stereocenters. The highest BCUT2D eigenvalue weighted by molar-refractivity contribution is 7.89. The average molecular weight is 462 g/mol. The number of anilines is 1. The van der Waals surface area contributed by atoms with Crippen LogP contribution in [0.5, 0.6) is 0 Å². The summed E-state index contributed by atoms with van der Waals surface area (Å²) in [5.74, 6) is -0.455. The summed E-state index contributed by atoms with van der Waals surface area (Å²) in [6.07, 6.45) is 3.25. The monoisotopic (exact) mass is 462 g/mol. The number of hydrogen-bond donors (Lipinski definition) is 0. The number of hydrogen-bond acceptors (Lipinski definition) is 6. The van der Waals surface area contributed by atoms with Crippen molar-refractivity contribution < 1.29 is 18.0 Å². The Kier molecular flexibility index (Phi) is 4.00. The molecule has 33 heavy (non-hydrogen) atoms. The van der Waals surface area contributed by atoms with Crippen LogP contribution in [0.4, 0.5) is 10.5 Å². The van der Waals surface area contributed by atoms with E-state index in [9.17, 15) is 23.3 Å². The molecule has 0 saturated carbocycles. The van der Waals surface area contributed by atoms with Crippen LogP contribution in [0.2, 0.25) is 0 Å². The summed E-state index contributed by atoms with van der Waals surface area (Å²) in [4.78, 5) is 33.6. The number of rotatable bonds is 3. The van der Waals surface area contributed by atoms with Gasteiger partial charge in [0.2, 0.25) is 0 Å². The van der Waals surface area contributed by atoms with E-state index in [0.29, 0.717) is 28.4 Å². The van der Waals surface area contributed by atoms with Gasteiger partial charge in [0.1, 0.15) is 6.04 Å². The third-order valence-corrected chi connectivity index (χ3v) is 8.51. The van der Waals surface area contributed by atoms with Gasteiger partial charge in [-0.15, -0.1) is 0 Å². The van der Waals surface area contributed by atoms with Gasteiger partial charge in [0, 0.05) is 36.6 Å². The zero-order valence-corrected chi connectivity index (χ0v) is 18.3. The van der Waals surface area contributed by atoms with E-state index >= 15 is 0 Å². The second-order valence-corrected chi connectivity index (χ2v) is 10.3. The van der Waals surface area contributed by atoms with Crippen molar-refractivity contribution in [1.82, 2.24) is 18.8 Å². The molecule has 3 aliphatic heterocycles. The van der Waals surface area contributed by atoms with Crippen LogP contribution in [-0.4, -0.2) is 63.8 Å². The molecule has 1 aromatic heterocycles. The van der Waals surface area contributed by atoms with E-state index in [1.54, 1.807) is 48.0 Å². The Morgan fingerprint density at radius 1 is 1.12 bits per heavy atom. The van der Waals surface area contributed by atoms with Crippen LogP contribution < -0.4 is 4.90 Å². The van der Waals surface area contributed by atoms with Crippen LogP contribution >= 0.6 is 0 Å². The molecule has 4 heterocycles. The number of amides is 3. The summed E-state index contributed by atoms with van der Waals surface area (Å²) >= 11 is 0. The standard InChI is InChI=1S/C22H18N6O4S/c1-25-11-19(24-12-25)33(31,32)26-10-14-8-18(26)20-21(29)28(22(30)27(14)20)17-7-6-13(9-23)15-4-2-3-5-16(15)17/h2-7,11-12,14,18,20H,8,10H2,1H3/t14-,18-,20+/m0/s1. The summed E-state index contributed by atoms with van der Waals surface area (Å²) < 4.78 is 29.3. The lowest BCUT2D eigenvalue weighted by Crippen LogP contribution is -2.54. The van der Waals surface area contributed by atoms with Gasteiger partial charge in [-0.3, -0.25) is 4.79 Å². The number of carbonyl (C=O) groups excluding carboxylic acids is 2. The van der Waals surface area contributed by atoms with Crippen molar-refractivity contribution in [2.75, 3.05) is 11.4 Å². The number of nitrogens with zero attached hydrogens (tertiary/aromatic N) is 6. The van der Waals surface area contributed by atoms with E-state index < -0.39 is 34.0 Å². The summed E-state index contributed by atoms with van der Waals surface area (Å²) in [6, 6.07) is 10.1. The number of sulfonamides is 1. The largest absolute Gasteiger partial charge is 0.339 e. The van der Waals surface area contributed by atoms with Gasteiger partial charge in [-0.25, -0.2) is 23.1 Å². The van der Waals surface area contributed by atoms with Gasteiger partial charge in [0.15, 0.2) is 5.03 Å². The number of piperazine rings is 1. The Hall–Kier alpha value is -3.75. The number of fused-ring (bicyclic) bond motifs is 6. The molecule has 3 amide bonds. The van der Waals surface area contributed by atoms with Crippen LogP contribution in [0.15, 0.2) is 53.9 Å². The number of benzene rings is 2. The molecule has 3 aliphatic rings. The Morgan fingerprint density at radius 3 is 2.58 bits per heavy atom.